The summed E-state index contributed by atoms with van der Waals surface area (Å²) in [5.74, 6) is 1.73. The number of hydrogen-bond acceptors (Lipinski definition) is 6. The highest BCUT2D eigenvalue weighted by atomic mass is 16.5. The Morgan fingerprint density at radius 1 is 1.00 bits per heavy atom. The van der Waals surface area contributed by atoms with Crippen LogP contribution >= 0.6 is 0 Å². The zero-order valence-electron chi connectivity index (χ0n) is 16.7. The van der Waals surface area contributed by atoms with Crippen LogP contribution in [0.25, 0.3) is 0 Å². The molecule has 0 unspecified atom stereocenters. The largest absolute Gasteiger partial charge is 0.497 e. The highest BCUT2D eigenvalue weighted by Gasteiger charge is 2.18. The first-order chi connectivity index (χ1) is 13.6. The number of nitrogens with one attached hydrogen (secondary N) is 1. The molecule has 28 heavy (non-hydrogen) atoms. The van der Waals surface area contributed by atoms with Crippen molar-refractivity contribution in [2.24, 2.45) is 5.10 Å². The molecule has 0 bridgehead atoms. The Morgan fingerprint density at radius 3 is 2.21 bits per heavy atom. The molecular weight excluding hydrogens is 360 g/mol. The molecule has 0 heterocycles. The van der Waals surface area contributed by atoms with E-state index in [-0.39, 0.29) is 5.91 Å². The van der Waals surface area contributed by atoms with Crippen LogP contribution in [0.3, 0.4) is 0 Å². The SMILES string of the molecule is CCOc1cc(C(=O)N/N=C/c2cccc(OC)c2)cc(OCC)c1OCC. The lowest BCUT2D eigenvalue weighted by Crippen LogP contribution is -2.18. The lowest BCUT2D eigenvalue weighted by atomic mass is 10.1. The molecule has 0 aliphatic heterocycles. The van der Waals surface area contributed by atoms with Crippen LogP contribution in [0.15, 0.2) is 41.5 Å². The number of carbonyl (C=O) groups excluding carboxylic acids is 1. The summed E-state index contributed by atoms with van der Waals surface area (Å²) in [5.41, 5.74) is 3.67. The van der Waals surface area contributed by atoms with Gasteiger partial charge in [-0.3, -0.25) is 4.79 Å². The molecule has 0 fully saturated rings. The van der Waals surface area contributed by atoms with Crippen molar-refractivity contribution in [1.29, 1.82) is 0 Å². The van der Waals surface area contributed by atoms with E-state index in [0.717, 1.165) is 5.56 Å². The first-order valence-corrected chi connectivity index (χ1v) is 9.16. The van der Waals surface area contributed by atoms with Crippen molar-refractivity contribution in [2.45, 2.75) is 20.8 Å². The molecule has 150 valence electrons. The van der Waals surface area contributed by atoms with Crippen LogP contribution in [-0.2, 0) is 0 Å². The van der Waals surface area contributed by atoms with Crippen molar-refractivity contribution >= 4 is 12.1 Å². The quantitative estimate of drug-likeness (QED) is 0.498. The maximum absolute atomic E-state index is 12.5. The second-order valence-corrected chi connectivity index (χ2v) is 5.58. The first kappa shape index (κ1) is 21.1. The number of amides is 1. The zero-order chi connectivity index (χ0) is 20.4. The van der Waals surface area contributed by atoms with Crippen molar-refractivity contribution in [2.75, 3.05) is 26.9 Å². The molecule has 2 aromatic rings. The summed E-state index contributed by atoms with van der Waals surface area (Å²) in [6, 6.07) is 10.6. The molecule has 7 heteroatoms. The van der Waals surface area contributed by atoms with Gasteiger partial charge in [-0.1, -0.05) is 12.1 Å². The van der Waals surface area contributed by atoms with Gasteiger partial charge in [0.15, 0.2) is 11.5 Å². The van der Waals surface area contributed by atoms with Gasteiger partial charge in [0.2, 0.25) is 5.75 Å². The molecule has 1 amide bonds. The summed E-state index contributed by atoms with van der Waals surface area (Å²) in [5, 5.41) is 4.01. The highest BCUT2D eigenvalue weighted by molar-refractivity contribution is 5.96. The van der Waals surface area contributed by atoms with Gasteiger partial charge in [-0.15, -0.1) is 0 Å². The van der Waals surface area contributed by atoms with Gasteiger partial charge in [-0.2, -0.15) is 5.10 Å². The Hall–Kier alpha value is -3.22. The number of carbonyl (C=O) groups is 1. The van der Waals surface area contributed by atoms with E-state index >= 15 is 0 Å². The Balaban J connectivity index is 2.22. The lowest BCUT2D eigenvalue weighted by molar-refractivity contribution is 0.0954. The fourth-order valence-corrected chi connectivity index (χ4v) is 2.47. The average Bonchev–Trinajstić information content (AvgIpc) is 2.70. The van der Waals surface area contributed by atoms with E-state index in [1.54, 1.807) is 25.5 Å². The van der Waals surface area contributed by atoms with Crippen molar-refractivity contribution < 1.29 is 23.7 Å². The second kappa shape index (κ2) is 10.8. The van der Waals surface area contributed by atoms with Crippen LogP contribution in [0.5, 0.6) is 23.0 Å². The number of hydrazone groups is 1. The molecule has 0 saturated heterocycles. The molecule has 0 aliphatic rings. The van der Waals surface area contributed by atoms with Gasteiger partial charge in [-0.05, 0) is 50.6 Å². The Bertz CT molecular complexity index is 793. The van der Waals surface area contributed by atoms with Crippen LogP contribution in [0.1, 0.15) is 36.7 Å². The lowest BCUT2D eigenvalue weighted by Gasteiger charge is -2.16. The zero-order valence-corrected chi connectivity index (χ0v) is 16.7. The molecule has 2 aromatic carbocycles. The molecule has 0 aromatic heterocycles. The Labute approximate surface area is 165 Å². The van der Waals surface area contributed by atoms with Crippen molar-refractivity contribution in [3.63, 3.8) is 0 Å². The van der Waals surface area contributed by atoms with Crippen LogP contribution in [0.2, 0.25) is 0 Å². The van der Waals surface area contributed by atoms with Crippen LogP contribution in [0, 0.1) is 0 Å². The summed E-state index contributed by atoms with van der Waals surface area (Å²) in [7, 11) is 1.59. The minimum absolute atomic E-state index is 0.359. The van der Waals surface area contributed by atoms with Gasteiger partial charge in [0.1, 0.15) is 5.75 Å². The monoisotopic (exact) mass is 386 g/mol. The van der Waals surface area contributed by atoms with Gasteiger partial charge >= 0.3 is 0 Å². The van der Waals surface area contributed by atoms with E-state index in [1.807, 2.05) is 45.0 Å². The summed E-state index contributed by atoms with van der Waals surface area (Å²) in [6.45, 7) is 6.92. The predicted molar refractivity (Wildman–Crippen MR) is 108 cm³/mol. The number of hydrogen-bond donors (Lipinski definition) is 1. The Kier molecular flexibility index (Phi) is 8.14. The first-order valence-electron chi connectivity index (χ1n) is 9.16. The third-order valence-corrected chi connectivity index (χ3v) is 3.64. The molecule has 7 nitrogen and oxygen atoms in total. The van der Waals surface area contributed by atoms with Crippen molar-refractivity contribution in [3.05, 3.63) is 47.5 Å². The summed E-state index contributed by atoms with van der Waals surface area (Å²) in [6.07, 6.45) is 1.54. The van der Waals surface area contributed by atoms with E-state index in [0.29, 0.717) is 48.4 Å². The molecule has 0 radical (unpaired) electrons. The third kappa shape index (κ3) is 5.64. The topological polar surface area (TPSA) is 78.4 Å². The van der Waals surface area contributed by atoms with E-state index in [1.165, 1.54) is 0 Å². The molecule has 1 N–H and O–H groups in total. The van der Waals surface area contributed by atoms with Crippen LogP contribution in [0.4, 0.5) is 0 Å². The standard InChI is InChI=1S/C21H26N2O5/c1-5-26-18-12-16(13-19(27-6-2)20(18)28-7-3)21(24)23-22-14-15-9-8-10-17(11-15)25-4/h8-14H,5-7H2,1-4H3,(H,23,24)/b22-14+. The molecule has 0 atom stereocenters. The molecule has 2 rings (SSSR count). The summed E-state index contributed by atoms with van der Waals surface area (Å²) >= 11 is 0. The maximum atomic E-state index is 12.5. The average molecular weight is 386 g/mol. The van der Waals surface area contributed by atoms with Gasteiger partial charge in [0.25, 0.3) is 5.91 Å². The van der Waals surface area contributed by atoms with Crippen molar-refractivity contribution in [1.82, 2.24) is 5.43 Å². The van der Waals surface area contributed by atoms with E-state index in [4.69, 9.17) is 18.9 Å². The molecule has 0 spiro atoms. The van der Waals surface area contributed by atoms with Gasteiger partial charge in [0, 0.05) is 5.56 Å². The van der Waals surface area contributed by atoms with Crippen molar-refractivity contribution in [3.8, 4) is 23.0 Å². The van der Waals surface area contributed by atoms with E-state index in [9.17, 15) is 4.79 Å². The van der Waals surface area contributed by atoms with Crippen LogP contribution < -0.4 is 24.4 Å². The normalized spacial score (nSPS) is 10.6. The van der Waals surface area contributed by atoms with E-state index < -0.39 is 0 Å². The third-order valence-electron chi connectivity index (χ3n) is 3.64. The van der Waals surface area contributed by atoms with Gasteiger partial charge in [0.05, 0.1) is 33.1 Å². The molecular formula is C21H26N2O5. The number of methoxy groups -OCH3 is 1. The fourth-order valence-electron chi connectivity index (χ4n) is 2.47. The Morgan fingerprint density at radius 2 is 1.64 bits per heavy atom. The molecule has 0 aliphatic carbocycles. The molecule has 0 saturated carbocycles. The smallest absolute Gasteiger partial charge is 0.271 e. The number of rotatable bonds is 10. The predicted octanol–water partition coefficient (Wildman–Crippen LogP) is 3.66. The minimum Gasteiger partial charge on any atom is -0.497 e. The highest BCUT2D eigenvalue weighted by Crippen LogP contribution is 2.39. The minimum atomic E-state index is -0.385. The second-order valence-electron chi connectivity index (χ2n) is 5.58. The van der Waals surface area contributed by atoms with E-state index in [2.05, 4.69) is 10.5 Å². The van der Waals surface area contributed by atoms with Gasteiger partial charge in [-0.25, -0.2) is 5.43 Å². The summed E-state index contributed by atoms with van der Waals surface area (Å²) < 4.78 is 22.1. The number of benzene rings is 2. The van der Waals surface area contributed by atoms with Crippen LogP contribution in [-0.4, -0.2) is 39.1 Å². The number of nitrogens with zero attached hydrogens (tertiary/aromatic N) is 1. The summed E-state index contributed by atoms with van der Waals surface area (Å²) in [4.78, 5) is 12.5. The maximum Gasteiger partial charge on any atom is 0.271 e. The number of ether oxygens (including phenoxy) is 4. The van der Waals surface area contributed by atoms with Gasteiger partial charge < -0.3 is 18.9 Å². The fraction of sp³-hybridized carbons (Fsp3) is 0.333.